The normalized spacial score (nSPS) is 30.0. The Kier molecular flexibility index (Phi) is 3.53. The van der Waals surface area contributed by atoms with Crippen molar-refractivity contribution in [2.45, 2.75) is 36.8 Å². The second kappa shape index (κ2) is 5.73. The van der Waals surface area contributed by atoms with Gasteiger partial charge in [0, 0.05) is 31.1 Å². The fourth-order valence-electron chi connectivity index (χ4n) is 5.47. The van der Waals surface area contributed by atoms with Crippen molar-refractivity contribution in [2.24, 2.45) is 0 Å². The molecule has 2 aliphatic carbocycles. The lowest BCUT2D eigenvalue weighted by Crippen LogP contribution is -2.59. The minimum atomic E-state index is -0.272. The number of aromatic hydroxyl groups is 1. The Morgan fingerprint density at radius 2 is 2.33 bits per heavy atom. The highest BCUT2D eigenvalue weighted by atomic mass is 16.5. The molecule has 1 aromatic rings. The summed E-state index contributed by atoms with van der Waals surface area (Å²) >= 11 is 0. The molecule has 0 radical (unpaired) electrons. The molecule has 27 heavy (non-hydrogen) atoms. The summed E-state index contributed by atoms with van der Waals surface area (Å²) in [6.07, 6.45) is 7.59. The molecule has 1 spiro atoms. The fourth-order valence-corrected chi connectivity index (χ4v) is 5.47. The summed E-state index contributed by atoms with van der Waals surface area (Å²) in [7, 11) is 1.67. The molecule has 140 valence electrons. The van der Waals surface area contributed by atoms with Crippen molar-refractivity contribution in [3.05, 3.63) is 59.4 Å². The lowest BCUT2D eigenvalue weighted by atomic mass is 9.57. The average molecular weight is 365 g/mol. The number of rotatable bonds is 5. The van der Waals surface area contributed by atoms with Crippen molar-refractivity contribution in [1.82, 2.24) is 4.90 Å². The van der Waals surface area contributed by atoms with Crippen LogP contribution in [0, 0.1) is 0 Å². The molecule has 0 amide bonds. The van der Waals surface area contributed by atoms with Gasteiger partial charge in [0.25, 0.3) is 0 Å². The van der Waals surface area contributed by atoms with E-state index in [-0.39, 0.29) is 29.1 Å². The van der Waals surface area contributed by atoms with Crippen molar-refractivity contribution in [1.29, 1.82) is 0 Å². The number of phenols is 1. The van der Waals surface area contributed by atoms with E-state index in [9.17, 15) is 9.90 Å². The van der Waals surface area contributed by atoms with E-state index in [4.69, 9.17) is 9.47 Å². The Balaban J connectivity index is 1.63. The number of piperidine rings is 1. The van der Waals surface area contributed by atoms with Gasteiger partial charge in [-0.15, -0.1) is 0 Å². The second-order valence-electron chi connectivity index (χ2n) is 7.74. The first-order valence-corrected chi connectivity index (χ1v) is 9.47. The third-order valence-corrected chi connectivity index (χ3v) is 6.67. The SMILES string of the molecule is C=CC(=O)CCN1CCC23C4=CC=C(OC)C2Oc2c(O)ccc(c23)CC41. The fraction of sp³-hybridized carbons (Fsp3) is 0.409. The Labute approximate surface area is 158 Å². The molecule has 4 aliphatic rings. The van der Waals surface area contributed by atoms with Crippen LogP contribution in [0.15, 0.2) is 48.3 Å². The average Bonchev–Trinajstić information content (AvgIpc) is 3.03. The highest BCUT2D eigenvalue weighted by Gasteiger charge is 2.62. The Bertz CT molecular complexity index is 915. The van der Waals surface area contributed by atoms with E-state index in [1.165, 1.54) is 17.2 Å². The van der Waals surface area contributed by atoms with Crippen molar-refractivity contribution >= 4 is 5.78 Å². The van der Waals surface area contributed by atoms with Gasteiger partial charge in [0.1, 0.15) is 5.76 Å². The summed E-state index contributed by atoms with van der Waals surface area (Å²) in [4.78, 5) is 14.2. The summed E-state index contributed by atoms with van der Waals surface area (Å²) in [5.41, 5.74) is 3.41. The van der Waals surface area contributed by atoms with Crippen molar-refractivity contribution < 1.29 is 19.4 Å². The van der Waals surface area contributed by atoms with Gasteiger partial charge in [0.05, 0.1) is 12.5 Å². The molecule has 1 fully saturated rings. The molecule has 1 aromatic carbocycles. The summed E-state index contributed by atoms with van der Waals surface area (Å²) in [5.74, 6) is 1.70. The van der Waals surface area contributed by atoms with Gasteiger partial charge in [0.2, 0.25) is 0 Å². The molecular formula is C22H23NO4. The van der Waals surface area contributed by atoms with Gasteiger partial charge in [-0.25, -0.2) is 0 Å². The van der Waals surface area contributed by atoms with E-state index in [1.54, 1.807) is 13.2 Å². The van der Waals surface area contributed by atoms with Crippen LogP contribution in [-0.2, 0) is 21.4 Å². The summed E-state index contributed by atoms with van der Waals surface area (Å²) in [6.45, 7) is 5.20. The van der Waals surface area contributed by atoms with E-state index in [1.807, 2.05) is 12.1 Å². The quantitative estimate of drug-likeness (QED) is 0.813. The third kappa shape index (κ3) is 2.06. The minimum Gasteiger partial charge on any atom is -0.504 e. The van der Waals surface area contributed by atoms with Crippen LogP contribution in [-0.4, -0.2) is 48.1 Å². The molecule has 3 atom stereocenters. The van der Waals surface area contributed by atoms with Gasteiger partial charge in [0.15, 0.2) is 23.4 Å². The maximum atomic E-state index is 11.8. The molecule has 1 saturated heterocycles. The molecule has 2 aliphatic heterocycles. The number of allylic oxidation sites excluding steroid dienone is 3. The zero-order chi connectivity index (χ0) is 18.8. The van der Waals surface area contributed by atoms with E-state index < -0.39 is 0 Å². The lowest BCUT2D eigenvalue weighted by Gasteiger charge is -2.53. The molecule has 0 aromatic heterocycles. The Morgan fingerprint density at radius 1 is 1.48 bits per heavy atom. The highest BCUT2D eigenvalue weighted by molar-refractivity contribution is 5.89. The maximum Gasteiger partial charge on any atom is 0.169 e. The monoisotopic (exact) mass is 365 g/mol. The van der Waals surface area contributed by atoms with Gasteiger partial charge in [-0.3, -0.25) is 9.69 Å². The maximum absolute atomic E-state index is 11.8. The van der Waals surface area contributed by atoms with E-state index in [0.29, 0.717) is 12.2 Å². The third-order valence-electron chi connectivity index (χ3n) is 6.67. The number of hydrogen-bond donors (Lipinski definition) is 1. The number of likely N-dealkylation sites (tertiary alicyclic amines) is 1. The molecule has 5 rings (SSSR count). The molecule has 1 N–H and O–H groups in total. The van der Waals surface area contributed by atoms with Crippen molar-refractivity contribution in [3.8, 4) is 11.5 Å². The van der Waals surface area contributed by atoms with E-state index >= 15 is 0 Å². The van der Waals surface area contributed by atoms with Crippen molar-refractivity contribution in [3.63, 3.8) is 0 Å². The number of carbonyl (C=O) groups is 1. The van der Waals surface area contributed by atoms with Gasteiger partial charge < -0.3 is 14.6 Å². The number of nitrogens with zero attached hydrogens (tertiary/aromatic N) is 1. The van der Waals surface area contributed by atoms with Crippen LogP contribution >= 0.6 is 0 Å². The standard InChI is InChI=1S/C22H23NO4/c1-3-14(24)8-10-23-11-9-22-15-5-7-18(26-2)21(22)27-20-17(25)6-4-13(19(20)22)12-16(15)23/h3-7,16,21,25H,1,8-12H2,2H3. The van der Waals surface area contributed by atoms with Crippen molar-refractivity contribution in [2.75, 3.05) is 20.2 Å². The van der Waals surface area contributed by atoms with Crippen LogP contribution in [0.1, 0.15) is 24.0 Å². The molecule has 5 heteroatoms. The summed E-state index contributed by atoms with van der Waals surface area (Å²) in [6, 6.07) is 3.99. The number of carbonyl (C=O) groups excluding carboxylic acids is 1. The summed E-state index contributed by atoms with van der Waals surface area (Å²) < 4.78 is 11.9. The van der Waals surface area contributed by atoms with Crippen LogP contribution in [0.2, 0.25) is 0 Å². The molecule has 0 saturated carbocycles. The number of ether oxygens (including phenoxy) is 2. The van der Waals surface area contributed by atoms with Gasteiger partial charge in [-0.2, -0.15) is 0 Å². The molecule has 2 heterocycles. The summed E-state index contributed by atoms with van der Waals surface area (Å²) in [5, 5.41) is 10.4. The first kappa shape index (κ1) is 16.6. The Morgan fingerprint density at radius 3 is 3.11 bits per heavy atom. The van der Waals surface area contributed by atoms with Crippen LogP contribution in [0.25, 0.3) is 0 Å². The number of hydrogen-bond acceptors (Lipinski definition) is 5. The van der Waals surface area contributed by atoms with Gasteiger partial charge >= 0.3 is 0 Å². The van der Waals surface area contributed by atoms with Crippen LogP contribution in [0.5, 0.6) is 11.5 Å². The highest BCUT2D eigenvalue weighted by Crippen LogP contribution is 2.62. The first-order chi connectivity index (χ1) is 13.1. The number of benzene rings is 1. The van der Waals surface area contributed by atoms with Gasteiger partial charge in [-0.05, 0) is 42.2 Å². The molecule has 2 bridgehead atoms. The molecular weight excluding hydrogens is 342 g/mol. The zero-order valence-electron chi connectivity index (χ0n) is 15.4. The molecule has 3 unspecified atom stereocenters. The van der Waals surface area contributed by atoms with Crippen LogP contribution < -0.4 is 4.74 Å². The Hall–Kier alpha value is -2.53. The smallest absolute Gasteiger partial charge is 0.169 e. The number of methoxy groups -OCH3 is 1. The lowest BCUT2D eigenvalue weighted by molar-refractivity contribution is -0.115. The largest absolute Gasteiger partial charge is 0.504 e. The number of phenolic OH excluding ortho intramolecular Hbond substituents is 1. The van der Waals surface area contributed by atoms with E-state index in [2.05, 4.69) is 17.6 Å². The predicted molar refractivity (Wildman–Crippen MR) is 101 cm³/mol. The second-order valence-corrected chi connectivity index (χ2v) is 7.74. The zero-order valence-corrected chi connectivity index (χ0v) is 15.4. The van der Waals surface area contributed by atoms with Gasteiger partial charge in [-0.1, -0.05) is 18.7 Å². The van der Waals surface area contributed by atoms with Crippen LogP contribution in [0.3, 0.4) is 0 Å². The molecule has 5 nitrogen and oxygen atoms in total. The van der Waals surface area contributed by atoms with E-state index in [0.717, 1.165) is 37.3 Å². The minimum absolute atomic E-state index is 0.0833. The predicted octanol–water partition coefficient (Wildman–Crippen LogP) is 2.64. The first-order valence-electron chi connectivity index (χ1n) is 9.47. The topological polar surface area (TPSA) is 59.0 Å². The number of ketones is 1. The van der Waals surface area contributed by atoms with Crippen LogP contribution in [0.4, 0.5) is 0 Å².